The average molecular weight is 473 g/mol. The summed E-state index contributed by atoms with van der Waals surface area (Å²) >= 11 is 0. The number of ether oxygens (including phenoxy) is 1. The van der Waals surface area contributed by atoms with E-state index in [-0.39, 0.29) is 24.1 Å². The van der Waals surface area contributed by atoms with E-state index in [2.05, 4.69) is 39.6 Å². The second-order valence-electron chi connectivity index (χ2n) is 7.97. The first kappa shape index (κ1) is 23.6. The number of esters is 1. The summed E-state index contributed by atoms with van der Waals surface area (Å²) in [7, 11) is 0. The molecule has 2 heterocycles. The van der Waals surface area contributed by atoms with Crippen molar-refractivity contribution in [2.24, 2.45) is 0 Å². The maximum atomic E-state index is 12.2. The van der Waals surface area contributed by atoms with Crippen molar-refractivity contribution in [2.45, 2.75) is 33.9 Å². The molecule has 2 aromatic heterocycles. The van der Waals surface area contributed by atoms with Crippen LogP contribution in [-0.4, -0.2) is 30.9 Å². The Morgan fingerprint density at radius 3 is 2.49 bits per heavy atom. The maximum absolute atomic E-state index is 12.2. The average Bonchev–Trinajstić information content (AvgIpc) is 3.42. The summed E-state index contributed by atoms with van der Waals surface area (Å²) < 4.78 is 12.6. The molecule has 0 unspecified atom stereocenters. The number of non-ortho nitro benzene ring substituents is 1. The standard InChI is InChI=1S/C25H23N5O5/c1-16-4-6-19(7-5-16)14-29-18(3)22(17(2)28-29)12-13-24(31)34-15-23-26-27-25(35-23)20-8-10-21(11-9-20)30(32)33/h4-13H,14-15H2,1-3H3. The van der Waals surface area contributed by atoms with Crippen LogP contribution in [0.2, 0.25) is 0 Å². The van der Waals surface area contributed by atoms with Gasteiger partial charge in [-0.25, -0.2) is 4.79 Å². The topological polar surface area (TPSA) is 126 Å². The number of nitro benzene ring substituents is 1. The van der Waals surface area contributed by atoms with Gasteiger partial charge in [-0.2, -0.15) is 5.10 Å². The molecule has 0 saturated carbocycles. The van der Waals surface area contributed by atoms with Crippen molar-refractivity contribution in [3.63, 3.8) is 0 Å². The first-order chi connectivity index (χ1) is 16.8. The molecule has 35 heavy (non-hydrogen) atoms. The van der Waals surface area contributed by atoms with E-state index in [0.717, 1.165) is 22.5 Å². The van der Waals surface area contributed by atoms with E-state index in [0.29, 0.717) is 12.1 Å². The lowest BCUT2D eigenvalue weighted by molar-refractivity contribution is -0.384. The number of hydrogen-bond donors (Lipinski definition) is 0. The number of carbonyl (C=O) groups is 1. The number of carbonyl (C=O) groups excluding carboxylic acids is 1. The van der Waals surface area contributed by atoms with E-state index in [1.807, 2.05) is 25.5 Å². The molecule has 0 aliphatic carbocycles. The number of aromatic nitrogens is 4. The van der Waals surface area contributed by atoms with Crippen LogP contribution in [0.1, 0.15) is 34.0 Å². The van der Waals surface area contributed by atoms with Crippen molar-refractivity contribution in [3.05, 3.63) is 98.7 Å². The van der Waals surface area contributed by atoms with Gasteiger partial charge < -0.3 is 9.15 Å². The molecular weight excluding hydrogens is 450 g/mol. The summed E-state index contributed by atoms with van der Waals surface area (Å²) in [6, 6.07) is 14.0. The van der Waals surface area contributed by atoms with Gasteiger partial charge in [0.25, 0.3) is 11.6 Å². The molecule has 0 aliphatic rings. The van der Waals surface area contributed by atoms with Crippen molar-refractivity contribution >= 4 is 17.7 Å². The number of nitrogens with zero attached hydrogens (tertiary/aromatic N) is 5. The minimum atomic E-state index is -0.565. The molecule has 0 atom stereocenters. The summed E-state index contributed by atoms with van der Waals surface area (Å²) in [5, 5.41) is 23.1. The number of rotatable bonds is 8. The zero-order chi connectivity index (χ0) is 24.9. The molecule has 0 N–H and O–H groups in total. The lowest BCUT2D eigenvalue weighted by atomic mass is 10.1. The van der Waals surface area contributed by atoms with Crippen molar-refractivity contribution in [1.82, 2.24) is 20.0 Å². The zero-order valence-electron chi connectivity index (χ0n) is 19.5. The molecule has 0 saturated heterocycles. The molecule has 178 valence electrons. The Hall–Kier alpha value is -4.60. The van der Waals surface area contributed by atoms with Gasteiger partial charge in [-0.15, -0.1) is 10.2 Å². The SMILES string of the molecule is Cc1ccc(Cn2nc(C)c(C=CC(=O)OCc3nnc(-c4ccc([N+](=O)[O-])cc4)o3)c2C)cc1. The van der Waals surface area contributed by atoms with Crippen LogP contribution in [-0.2, 0) is 22.7 Å². The van der Waals surface area contributed by atoms with Crippen LogP contribution in [0.4, 0.5) is 5.69 Å². The minimum Gasteiger partial charge on any atom is -0.452 e. The third kappa shape index (κ3) is 5.67. The van der Waals surface area contributed by atoms with Crippen LogP contribution in [0.25, 0.3) is 17.5 Å². The fourth-order valence-electron chi connectivity index (χ4n) is 3.46. The monoisotopic (exact) mass is 473 g/mol. The molecule has 4 rings (SSSR count). The minimum absolute atomic E-state index is 0.0413. The molecule has 4 aromatic rings. The van der Waals surface area contributed by atoms with Gasteiger partial charge >= 0.3 is 5.97 Å². The predicted octanol–water partition coefficient (Wildman–Crippen LogP) is 4.57. The summed E-state index contributed by atoms with van der Waals surface area (Å²) in [4.78, 5) is 22.5. The fraction of sp³-hybridized carbons (Fsp3) is 0.200. The molecule has 0 radical (unpaired) electrons. The molecular formula is C25H23N5O5. The predicted molar refractivity (Wildman–Crippen MR) is 127 cm³/mol. The van der Waals surface area contributed by atoms with Gasteiger partial charge in [0.15, 0.2) is 6.61 Å². The summed E-state index contributed by atoms with van der Waals surface area (Å²) in [6.07, 6.45) is 3.02. The third-order valence-electron chi connectivity index (χ3n) is 5.41. The van der Waals surface area contributed by atoms with Gasteiger partial charge in [-0.3, -0.25) is 14.8 Å². The van der Waals surface area contributed by atoms with Crippen molar-refractivity contribution in [3.8, 4) is 11.5 Å². The quantitative estimate of drug-likeness (QED) is 0.158. The largest absolute Gasteiger partial charge is 0.452 e. The number of nitro groups is 1. The Morgan fingerprint density at radius 2 is 1.80 bits per heavy atom. The normalized spacial score (nSPS) is 11.2. The maximum Gasteiger partial charge on any atom is 0.331 e. The van der Waals surface area contributed by atoms with Gasteiger partial charge in [-0.05, 0) is 44.5 Å². The van der Waals surface area contributed by atoms with Gasteiger partial charge in [0.2, 0.25) is 5.89 Å². The van der Waals surface area contributed by atoms with Crippen LogP contribution in [0.5, 0.6) is 0 Å². The van der Waals surface area contributed by atoms with Gasteiger partial charge in [0.05, 0.1) is 17.2 Å². The van der Waals surface area contributed by atoms with Crippen molar-refractivity contribution in [2.75, 3.05) is 0 Å². The van der Waals surface area contributed by atoms with Crippen LogP contribution >= 0.6 is 0 Å². The van der Waals surface area contributed by atoms with Crippen LogP contribution < -0.4 is 0 Å². The first-order valence-electron chi connectivity index (χ1n) is 10.8. The Kier molecular flexibility index (Phi) is 6.81. The van der Waals surface area contributed by atoms with Gasteiger partial charge in [0, 0.05) is 35.0 Å². The molecule has 0 bridgehead atoms. The third-order valence-corrected chi connectivity index (χ3v) is 5.41. The van der Waals surface area contributed by atoms with E-state index < -0.39 is 10.9 Å². The summed E-state index contributed by atoms with van der Waals surface area (Å²) in [5.41, 5.74) is 5.43. The van der Waals surface area contributed by atoms with Crippen LogP contribution in [0.15, 0.2) is 59.0 Å². The van der Waals surface area contributed by atoms with Crippen molar-refractivity contribution in [1.29, 1.82) is 0 Å². The van der Waals surface area contributed by atoms with E-state index in [1.54, 1.807) is 6.08 Å². The highest BCUT2D eigenvalue weighted by molar-refractivity contribution is 5.87. The molecule has 2 aromatic carbocycles. The summed E-state index contributed by atoms with van der Waals surface area (Å²) in [5.74, 6) is -0.280. The number of hydrogen-bond acceptors (Lipinski definition) is 8. The first-order valence-corrected chi connectivity index (χ1v) is 10.8. The molecule has 0 fully saturated rings. The highest BCUT2D eigenvalue weighted by Crippen LogP contribution is 2.21. The lowest BCUT2D eigenvalue weighted by Crippen LogP contribution is -2.04. The number of benzene rings is 2. The zero-order valence-corrected chi connectivity index (χ0v) is 19.5. The number of aryl methyl sites for hydroxylation is 2. The van der Waals surface area contributed by atoms with Gasteiger partial charge in [0.1, 0.15) is 0 Å². The second kappa shape index (κ2) is 10.1. The molecule has 10 nitrogen and oxygen atoms in total. The van der Waals surface area contributed by atoms with E-state index >= 15 is 0 Å². The van der Waals surface area contributed by atoms with Gasteiger partial charge in [-0.1, -0.05) is 29.8 Å². The highest BCUT2D eigenvalue weighted by Gasteiger charge is 2.13. The second-order valence-corrected chi connectivity index (χ2v) is 7.97. The lowest BCUT2D eigenvalue weighted by Gasteiger charge is -2.05. The molecule has 0 amide bonds. The summed E-state index contributed by atoms with van der Waals surface area (Å²) in [6.45, 7) is 6.33. The fourth-order valence-corrected chi connectivity index (χ4v) is 3.46. The molecule has 10 heteroatoms. The Labute approximate surface area is 201 Å². The van der Waals surface area contributed by atoms with E-state index in [4.69, 9.17) is 9.15 Å². The van der Waals surface area contributed by atoms with E-state index in [9.17, 15) is 14.9 Å². The van der Waals surface area contributed by atoms with Crippen LogP contribution in [0.3, 0.4) is 0 Å². The Balaban J connectivity index is 1.35. The molecule has 0 spiro atoms. The highest BCUT2D eigenvalue weighted by atomic mass is 16.6. The molecule has 0 aliphatic heterocycles. The Bertz CT molecular complexity index is 1380. The van der Waals surface area contributed by atoms with Crippen molar-refractivity contribution < 1.29 is 18.9 Å². The van der Waals surface area contributed by atoms with Crippen LogP contribution in [0, 0.1) is 30.9 Å². The van der Waals surface area contributed by atoms with E-state index in [1.165, 1.54) is 35.9 Å². The Morgan fingerprint density at radius 1 is 1.09 bits per heavy atom. The smallest absolute Gasteiger partial charge is 0.331 e.